The summed E-state index contributed by atoms with van der Waals surface area (Å²) in [6, 6.07) is 12.4. The molecule has 0 aromatic heterocycles. The van der Waals surface area contributed by atoms with Crippen LogP contribution in [0.1, 0.15) is 35.7 Å². The lowest BCUT2D eigenvalue weighted by Crippen LogP contribution is -2.30. The number of nitrogens with zero attached hydrogens (tertiary/aromatic N) is 2. The van der Waals surface area contributed by atoms with E-state index >= 15 is 0 Å². The normalized spacial score (nSPS) is 14.3. The van der Waals surface area contributed by atoms with Gasteiger partial charge in [-0.05, 0) is 37.1 Å². The predicted octanol–water partition coefficient (Wildman–Crippen LogP) is 2.90. The number of esters is 1. The van der Waals surface area contributed by atoms with Gasteiger partial charge in [-0.15, -0.1) is 0 Å². The second-order valence-corrected chi connectivity index (χ2v) is 6.93. The molecule has 0 spiro atoms. The molecule has 30 heavy (non-hydrogen) atoms. The van der Waals surface area contributed by atoms with E-state index in [4.69, 9.17) is 4.74 Å². The van der Waals surface area contributed by atoms with Crippen molar-refractivity contribution in [2.24, 2.45) is 0 Å². The summed E-state index contributed by atoms with van der Waals surface area (Å²) in [5.74, 6) is -1.30. The number of anilines is 1. The summed E-state index contributed by atoms with van der Waals surface area (Å²) >= 11 is 0. The maximum atomic E-state index is 12.4. The first-order valence-corrected chi connectivity index (χ1v) is 9.47. The molecule has 0 aliphatic carbocycles. The summed E-state index contributed by atoms with van der Waals surface area (Å²) in [6.07, 6.45) is 0.196. The van der Waals surface area contributed by atoms with Crippen LogP contribution in [0.5, 0.6) is 0 Å². The Morgan fingerprint density at radius 1 is 1.23 bits per heavy atom. The Morgan fingerprint density at radius 3 is 2.70 bits per heavy atom. The van der Waals surface area contributed by atoms with Gasteiger partial charge in [-0.2, -0.15) is 0 Å². The highest BCUT2D eigenvalue weighted by molar-refractivity contribution is 5.98. The van der Waals surface area contributed by atoms with Crippen LogP contribution in [0.3, 0.4) is 0 Å². The summed E-state index contributed by atoms with van der Waals surface area (Å²) < 4.78 is 5.22. The second kappa shape index (κ2) is 9.17. The number of rotatable bonds is 7. The third-order valence-electron chi connectivity index (χ3n) is 4.72. The van der Waals surface area contributed by atoms with Crippen molar-refractivity contribution in [3.8, 4) is 0 Å². The largest absolute Gasteiger partial charge is 0.449 e. The maximum absolute atomic E-state index is 12.4. The molecule has 9 heteroatoms. The van der Waals surface area contributed by atoms with Gasteiger partial charge in [0.05, 0.1) is 10.5 Å². The van der Waals surface area contributed by atoms with Crippen LogP contribution in [-0.2, 0) is 20.9 Å². The molecule has 156 valence electrons. The van der Waals surface area contributed by atoms with Gasteiger partial charge in [0.25, 0.3) is 11.6 Å². The van der Waals surface area contributed by atoms with E-state index in [2.05, 4.69) is 5.32 Å². The maximum Gasteiger partial charge on any atom is 0.338 e. The van der Waals surface area contributed by atoms with Crippen LogP contribution in [0.2, 0.25) is 0 Å². The minimum absolute atomic E-state index is 0.0210. The lowest BCUT2D eigenvalue weighted by Gasteiger charge is -2.16. The van der Waals surface area contributed by atoms with E-state index < -0.39 is 22.9 Å². The first-order chi connectivity index (χ1) is 14.3. The lowest BCUT2D eigenvalue weighted by atomic mass is 10.1. The van der Waals surface area contributed by atoms with Gasteiger partial charge >= 0.3 is 5.97 Å². The third kappa shape index (κ3) is 4.99. The van der Waals surface area contributed by atoms with Crippen molar-refractivity contribution in [2.45, 2.75) is 32.4 Å². The van der Waals surface area contributed by atoms with E-state index in [1.807, 2.05) is 6.07 Å². The Bertz CT molecular complexity index is 990. The van der Waals surface area contributed by atoms with Crippen molar-refractivity contribution in [3.05, 3.63) is 69.8 Å². The van der Waals surface area contributed by atoms with Gasteiger partial charge in [0.15, 0.2) is 6.10 Å². The summed E-state index contributed by atoms with van der Waals surface area (Å²) in [5.41, 5.74) is 0.808. The minimum Gasteiger partial charge on any atom is -0.449 e. The highest BCUT2D eigenvalue weighted by Crippen LogP contribution is 2.23. The summed E-state index contributed by atoms with van der Waals surface area (Å²) in [7, 11) is 0. The van der Waals surface area contributed by atoms with Crippen molar-refractivity contribution in [2.75, 3.05) is 11.9 Å². The topological polar surface area (TPSA) is 119 Å². The summed E-state index contributed by atoms with van der Waals surface area (Å²) in [5, 5.41) is 13.5. The molecule has 1 heterocycles. The smallest absolute Gasteiger partial charge is 0.338 e. The van der Waals surface area contributed by atoms with Crippen LogP contribution < -0.4 is 5.32 Å². The predicted molar refractivity (Wildman–Crippen MR) is 108 cm³/mol. The Hall–Kier alpha value is -3.75. The Kier molecular flexibility index (Phi) is 6.41. The van der Waals surface area contributed by atoms with E-state index in [-0.39, 0.29) is 22.8 Å². The SMILES string of the molecule is CC(OC(=O)c1cccc(CN2CCCC2=O)c1)C(=O)Nc1ccccc1[N+](=O)[O-]. The van der Waals surface area contributed by atoms with Crippen LogP contribution in [0.25, 0.3) is 0 Å². The molecule has 1 N–H and O–H groups in total. The number of nitrogens with one attached hydrogen (secondary N) is 1. The number of ether oxygens (including phenoxy) is 1. The van der Waals surface area contributed by atoms with E-state index in [0.29, 0.717) is 19.5 Å². The molecule has 2 amide bonds. The number of hydrogen-bond acceptors (Lipinski definition) is 6. The molecule has 2 aromatic carbocycles. The number of benzene rings is 2. The van der Waals surface area contributed by atoms with Crippen LogP contribution in [0.4, 0.5) is 11.4 Å². The van der Waals surface area contributed by atoms with Crippen LogP contribution in [0, 0.1) is 10.1 Å². The summed E-state index contributed by atoms with van der Waals surface area (Å²) in [4.78, 5) is 48.7. The molecule has 2 aromatic rings. The van der Waals surface area contributed by atoms with Crippen molar-refractivity contribution in [3.63, 3.8) is 0 Å². The molecule has 3 rings (SSSR count). The molecular weight excluding hydrogens is 390 g/mol. The molecule has 9 nitrogen and oxygen atoms in total. The molecular formula is C21H21N3O6. The zero-order chi connectivity index (χ0) is 21.7. The Balaban J connectivity index is 1.62. The minimum atomic E-state index is -1.17. The number of carbonyl (C=O) groups is 3. The Morgan fingerprint density at radius 2 is 2.00 bits per heavy atom. The van der Waals surface area contributed by atoms with E-state index in [1.165, 1.54) is 25.1 Å². The number of carbonyl (C=O) groups excluding carboxylic acids is 3. The Labute approximate surface area is 172 Å². The van der Waals surface area contributed by atoms with Crippen molar-refractivity contribution in [1.29, 1.82) is 0 Å². The molecule has 1 fully saturated rings. The number of nitro groups is 1. The first-order valence-electron chi connectivity index (χ1n) is 9.47. The molecule has 1 saturated heterocycles. The number of likely N-dealkylation sites (tertiary alicyclic amines) is 1. The van der Waals surface area contributed by atoms with Gasteiger partial charge in [-0.3, -0.25) is 19.7 Å². The van der Waals surface area contributed by atoms with Crippen molar-refractivity contribution < 1.29 is 24.0 Å². The lowest BCUT2D eigenvalue weighted by molar-refractivity contribution is -0.383. The molecule has 1 atom stereocenters. The molecule has 1 aliphatic rings. The van der Waals surface area contributed by atoms with Crippen LogP contribution in [0.15, 0.2) is 48.5 Å². The fraction of sp³-hybridized carbons (Fsp3) is 0.286. The van der Waals surface area contributed by atoms with E-state index in [9.17, 15) is 24.5 Å². The number of amides is 2. The van der Waals surface area contributed by atoms with E-state index in [1.54, 1.807) is 29.2 Å². The van der Waals surface area contributed by atoms with E-state index in [0.717, 1.165) is 12.0 Å². The fourth-order valence-corrected chi connectivity index (χ4v) is 3.14. The van der Waals surface area contributed by atoms with Crippen molar-refractivity contribution >= 4 is 29.2 Å². The van der Waals surface area contributed by atoms with Crippen molar-refractivity contribution in [1.82, 2.24) is 4.90 Å². The monoisotopic (exact) mass is 411 g/mol. The van der Waals surface area contributed by atoms with Crippen LogP contribution in [-0.4, -0.2) is 40.3 Å². The molecule has 1 unspecified atom stereocenters. The number of hydrogen-bond donors (Lipinski definition) is 1. The third-order valence-corrected chi connectivity index (χ3v) is 4.72. The first kappa shape index (κ1) is 21.0. The van der Waals surface area contributed by atoms with Gasteiger partial charge in [0, 0.05) is 25.6 Å². The molecule has 0 saturated carbocycles. The molecule has 0 radical (unpaired) electrons. The van der Waals surface area contributed by atoms with Gasteiger partial charge in [-0.25, -0.2) is 4.79 Å². The summed E-state index contributed by atoms with van der Waals surface area (Å²) in [6.45, 7) is 2.48. The highest BCUT2D eigenvalue weighted by Gasteiger charge is 2.23. The number of nitro benzene ring substituents is 1. The average molecular weight is 411 g/mol. The fourth-order valence-electron chi connectivity index (χ4n) is 3.14. The van der Waals surface area contributed by atoms with Gasteiger partial charge < -0.3 is 15.0 Å². The highest BCUT2D eigenvalue weighted by atomic mass is 16.6. The van der Waals surface area contributed by atoms with Gasteiger partial charge in [0.1, 0.15) is 5.69 Å². The zero-order valence-electron chi connectivity index (χ0n) is 16.4. The standard InChI is InChI=1S/C21H21N3O6/c1-14(20(26)22-17-8-2-3-9-18(17)24(28)29)30-21(27)16-7-4-6-15(12-16)13-23-11-5-10-19(23)25/h2-4,6-9,12,14H,5,10-11,13H2,1H3,(H,22,26). The van der Waals surface area contributed by atoms with Gasteiger partial charge in [0.2, 0.25) is 5.91 Å². The average Bonchev–Trinajstić information content (AvgIpc) is 3.12. The van der Waals surface area contributed by atoms with Crippen LogP contribution >= 0.6 is 0 Å². The van der Waals surface area contributed by atoms with Gasteiger partial charge in [-0.1, -0.05) is 24.3 Å². The number of para-hydroxylation sites is 2. The molecule has 1 aliphatic heterocycles. The molecule has 0 bridgehead atoms. The zero-order valence-corrected chi connectivity index (χ0v) is 16.4. The second-order valence-electron chi connectivity index (χ2n) is 6.93. The quantitative estimate of drug-likeness (QED) is 0.425.